The molecule has 3 N–H and O–H groups in total. The Balaban J connectivity index is 2.39. The monoisotopic (exact) mass is 364 g/mol. The maximum absolute atomic E-state index is 12.2. The smallest absolute Gasteiger partial charge is 0.257 e. The molecule has 1 heterocycles. The number of nitrogens with one attached hydrogen (secondary N) is 1. The third kappa shape index (κ3) is 3.09. The average molecular weight is 365 g/mol. The Kier molecular flexibility index (Phi) is 4.46. The number of rotatable bonds is 4. The third-order valence-electron chi connectivity index (χ3n) is 3.02. The van der Waals surface area contributed by atoms with Crippen LogP contribution in [0, 0.1) is 6.92 Å². The van der Waals surface area contributed by atoms with Crippen molar-refractivity contribution < 1.29 is 18.8 Å². The van der Waals surface area contributed by atoms with Gasteiger partial charge in [-0.1, -0.05) is 15.9 Å². The lowest BCUT2D eigenvalue weighted by Gasteiger charge is -2.04. The molecule has 0 fully saturated rings. The third-order valence-corrected chi connectivity index (χ3v) is 3.54. The summed E-state index contributed by atoms with van der Waals surface area (Å²) in [6.07, 6.45) is 0. The number of carbonyl (C=O) groups excluding carboxylic acids is 3. The van der Waals surface area contributed by atoms with Crippen LogP contribution in [0.15, 0.2) is 33.2 Å². The van der Waals surface area contributed by atoms with E-state index in [1.54, 1.807) is 24.3 Å². The summed E-state index contributed by atoms with van der Waals surface area (Å²) < 4.78 is 6.15. The van der Waals surface area contributed by atoms with Gasteiger partial charge in [-0.15, -0.1) is 0 Å². The highest BCUT2D eigenvalue weighted by Gasteiger charge is 2.26. The topological polar surface area (TPSA) is 102 Å². The number of hydrogen-bond donors (Lipinski definition) is 2. The van der Waals surface area contributed by atoms with E-state index in [4.69, 9.17) is 10.2 Å². The molecule has 0 spiro atoms. The normalized spacial score (nSPS) is 10.3. The van der Waals surface area contributed by atoms with Crippen LogP contribution in [0.5, 0.6) is 0 Å². The van der Waals surface area contributed by atoms with Gasteiger partial charge in [0.1, 0.15) is 11.3 Å². The Morgan fingerprint density at radius 3 is 2.23 bits per heavy atom. The molecule has 0 atom stereocenters. The first-order chi connectivity index (χ1) is 10.3. The van der Waals surface area contributed by atoms with E-state index >= 15 is 0 Å². The standard InChI is InChI=1S/C15H13BrN2O4/c1-7(19)11-8(2)22-15(12(11)13(17)20)18-14(21)9-3-5-10(16)6-4-9/h3-6H,1-2H3,(H2,17,20)(H,18,21). The number of nitrogens with two attached hydrogens (primary N) is 1. The molecule has 0 aliphatic heterocycles. The van der Waals surface area contributed by atoms with Gasteiger partial charge in [-0.25, -0.2) is 0 Å². The minimum Gasteiger partial charge on any atom is -0.444 e. The van der Waals surface area contributed by atoms with E-state index in [9.17, 15) is 14.4 Å². The predicted molar refractivity (Wildman–Crippen MR) is 84.1 cm³/mol. The van der Waals surface area contributed by atoms with Crippen molar-refractivity contribution in [3.05, 3.63) is 51.2 Å². The van der Waals surface area contributed by atoms with Crippen LogP contribution >= 0.6 is 15.9 Å². The van der Waals surface area contributed by atoms with E-state index < -0.39 is 11.8 Å². The van der Waals surface area contributed by atoms with Crippen LogP contribution in [-0.4, -0.2) is 17.6 Å². The number of ketones is 1. The molecule has 22 heavy (non-hydrogen) atoms. The first kappa shape index (κ1) is 16.0. The first-order valence-corrected chi connectivity index (χ1v) is 7.11. The van der Waals surface area contributed by atoms with Crippen molar-refractivity contribution in [3.8, 4) is 0 Å². The number of primary amides is 1. The van der Waals surface area contributed by atoms with E-state index in [2.05, 4.69) is 21.2 Å². The number of benzene rings is 1. The average Bonchev–Trinajstić information content (AvgIpc) is 2.76. The fourth-order valence-electron chi connectivity index (χ4n) is 2.07. The van der Waals surface area contributed by atoms with Gasteiger partial charge in [0.15, 0.2) is 5.78 Å². The highest BCUT2D eigenvalue weighted by Crippen LogP contribution is 2.27. The Labute approximate surface area is 134 Å². The summed E-state index contributed by atoms with van der Waals surface area (Å²) in [5, 5.41) is 2.47. The Morgan fingerprint density at radius 1 is 1.14 bits per heavy atom. The number of Topliss-reactive ketones (excluding diaryl/α,β-unsaturated/α-hetero) is 1. The number of anilines is 1. The van der Waals surface area contributed by atoms with Gasteiger partial charge in [0.2, 0.25) is 5.88 Å². The minimum absolute atomic E-state index is 0.0820. The molecule has 7 heteroatoms. The largest absolute Gasteiger partial charge is 0.444 e. The van der Waals surface area contributed by atoms with Crippen molar-refractivity contribution in [2.75, 3.05) is 5.32 Å². The van der Waals surface area contributed by atoms with E-state index in [0.717, 1.165) is 4.47 Å². The van der Waals surface area contributed by atoms with E-state index in [-0.39, 0.29) is 28.6 Å². The Hall–Kier alpha value is -2.41. The summed E-state index contributed by atoms with van der Waals surface area (Å²) >= 11 is 3.27. The molecule has 0 aliphatic carbocycles. The summed E-state index contributed by atoms with van der Waals surface area (Å²) in [5.41, 5.74) is 5.63. The summed E-state index contributed by atoms with van der Waals surface area (Å²) in [5.74, 6) is -1.57. The summed E-state index contributed by atoms with van der Waals surface area (Å²) in [6, 6.07) is 6.62. The van der Waals surface area contributed by atoms with Gasteiger partial charge in [-0.2, -0.15) is 0 Å². The van der Waals surface area contributed by atoms with E-state index in [1.165, 1.54) is 13.8 Å². The van der Waals surface area contributed by atoms with Gasteiger partial charge in [0, 0.05) is 10.0 Å². The van der Waals surface area contributed by atoms with Crippen molar-refractivity contribution in [3.63, 3.8) is 0 Å². The fourth-order valence-corrected chi connectivity index (χ4v) is 2.33. The lowest BCUT2D eigenvalue weighted by molar-refractivity contribution is 0.0974. The summed E-state index contributed by atoms with van der Waals surface area (Å²) in [4.78, 5) is 35.4. The highest BCUT2D eigenvalue weighted by atomic mass is 79.9. The minimum atomic E-state index is -0.840. The molecular weight excluding hydrogens is 352 g/mol. The lowest BCUT2D eigenvalue weighted by Crippen LogP contribution is -2.19. The number of hydrogen-bond acceptors (Lipinski definition) is 4. The maximum Gasteiger partial charge on any atom is 0.257 e. The van der Waals surface area contributed by atoms with Crippen molar-refractivity contribution >= 4 is 39.4 Å². The maximum atomic E-state index is 12.2. The van der Waals surface area contributed by atoms with Gasteiger partial charge in [0.25, 0.3) is 11.8 Å². The second-order valence-electron chi connectivity index (χ2n) is 4.62. The van der Waals surface area contributed by atoms with Crippen LogP contribution in [0.2, 0.25) is 0 Å². The van der Waals surface area contributed by atoms with Crippen molar-refractivity contribution in [1.29, 1.82) is 0 Å². The molecule has 1 aromatic heterocycles. The highest BCUT2D eigenvalue weighted by molar-refractivity contribution is 9.10. The van der Waals surface area contributed by atoms with Gasteiger partial charge < -0.3 is 10.2 Å². The second-order valence-corrected chi connectivity index (χ2v) is 5.53. The van der Waals surface area contributed by atoms with Crippen molar-refractivity contribution in [2.45, 2.75) is 13.8 Å². The molecule has 0 saturated heterocycles. The van der Waals surface area contributed by atoms with Crippen LogP contribution in [0.4, 0.5) is 5.88 Å². The van der Waals surface area contributed by atoms with Gasteiger partial charge in [-0.3, -0.25) is 19.7 Å². The SMILES string of the molecule is CC(=O)c1c(C)oc(NC(=O)c2ccc(Br)cc2)c1C(N)=O. The molecule has 1 aromatic carbocycles. The zero-order chi connectivity index (χ0) is 16.4. The zero-order valence-electron chi connectivity index (χ0n) is 11.9. The molecule has 114 valence electrons. The van der Waals surface area contributed by atoms with Crippen LogP contribution in [-0.2, 0) is 0 Å². The molecule has 2 aromatic rings. The second kappa shape index (κ2) is 6.15. The first-order valence-electron chi connectivity index (χ1n) is 6.32. The molecule has 0 saturated carbocycles. The van der Waals surface area contributed by atoms with Gasteiger partial charge in [0.05, 0.1) is 5.56 Å². The molecular formula is C15H13BrN2O4. The number of carbonyl (C=O) groups is 3. The van der Waals surface area contributed by atoms with Gasteiger partial charge in [-0.05, 0) is 38.1 Å². The molecule has 2 rings (SSSR count). The number of halogens is 1. The summed E-state index contributed by atoms with van der Waals surface area (Å²) in [6.45, 7) is 2.82. The quantitative estimate of drug-likeness (QED) is 0.814. The van der Waals surface area contributed by atoms with E-state index in [0.29, 0.717) is 5.56 Å². The fraction of sp³-hybridized carbons (Fsp3) is 0.133. The zero-order valence-corrected chi connectivity index (χ0v) is 13.5. The predicted octanol–water partition coefficient (Wildman–Crippen LogP) is 2.90. The number of amides is 2. The molecule has 0 aliphatic rings. The molecule has 0 radical (unpaired) electrons. The Morgan fingerprint density at radius 2 is 1.73 bits per heavy atom. The molecule has 6 nitrogen and oxygen atoms in total. The molecule has 2 amide bonds. The van der Waals surface area contributed by atoms with Crippen LogP contribution < -0.4 is 11.1 Å². The van der Waals surface area contributed by atoms with Crippen LogP contribution in [0.25, 0.3) is 0 Å². The molecule has 0 bridgehead atoms. The number of furan rings is 1. The van der Waals surface area contributed by atoms with Crippen LogP contribution in [0.1, 0.15) is 43.8 Å². The van der Waals surface area contributed by atoms with Crippen molar-refractivity contribution in [1.82, 2.24) is 0 Å². The van der Waals surface area contributed by atoms with Gasteiger partial charge >= 0.3 is 0 Å². The summed E-state index contributed by atoms with van der Waals surface area (Å²) in [7, 11) is 0. The van der Waals surface area contributed by atoms with Crippen LogP contribution in [0.3, 0.4) is 0 Å². The lowest BCUT2D eigenvalue weighted by atomic mass is 10.1. The van der Waals surface area contributed by atoms with Crippen molar-refractivity contribution in [2.24, 2.45) is 5.73 Å². The molecule has 0 unspecified atom stereocenters. The Bertz CT molecular complexity index is 763. The number of aryl methyl sites for hydroxylation is 1. The van der Waals surface area contributed by atoms with E-state index in [1.807, 2.05) is 0 Å².